The zero-order valence-electron chi connectivity index (χ0n) is 6.62. The van der Waals surface area contributed by atoms with Gasteiger partial charge in [-0.05, 0) is 24.6 Å². The Kier molecular flexibility index (Phi) is 2.98. The van der Waals surface area contributed by atoms with E-state index >= 15 is 0 Å². The minimum Gasteiger partial charge on any atom is -0.324 e. The molecule has 0 fully saturated rings. The van der Waals surface area contributed by atoms with Gasteiger partial charge in [-0.3, -0.25) is 4.98 Å². The normalized spacial score (nSPS) is 13.0. The lowest BCUT2D eigenvalue weighted by Crippen LogP contribution is -2.05. The average Bonchev–Trinajstić information content (AvgIpc) is 2.05. The first-order valence-electron chi connectivity index (χ1n) is 3.64. The highest BCUT2D eigenvalue weighted by Gasteiger charge is 1.99. The summed E-state index contributed by atoms with van der Waals surface area (Å²) in [4.78, 5) is 4.16. The maximum Gasteiger partial charge on any atom is 0.0444 e. The summed E-state index contributed by atoms with van der Waals surface area (Å²) in [6, 6.07) is 4.10. The summed E-state index contributed by atoms with van der Waals surface area (Å²) < 4.78 is 0. The maximum atomic E-state index is 5.70. The predicted molar refractivity (Wildman–Crippen MR) is 50.3 cm³/mol. The summed E-state index contributed by atoms with van der Waals surface area (Å²) in [5, 5.41) is 0. The third-order valence-corrected chi connectivity index (χ3v) is 1.99. The molecule has 0 aliphatic carbocycles. The summed E-state index contributed by atoms with van der Waals surface area (Å²) in [6.45, 7) is 1.97. The molecular formula is C8H13N2P. The Morgan fingerprint density at radius 1 is 1.73 bits per heavy atom. The molecule has 1 rings (SSSR count). The summed E-state index contributed by atoms with van der Waals surface area (Å²) in [7, 11) is 2.64. The molecule has 3 heteroatoms. The maximum absolute atomic E-state index is 5.70. The minimum atomic E-state index is 0.105. The largest absolute Gasteiger partial charge is 0.324 e. The molecule has 0 aliphatic rings. The molecule has 2 unspecified atom stereocenters. The van der Waals surface area contributed by atoms with Gasteiger partial charge in [0.25, 0.3) is 0 Å². The molecule has 0 aliphatic heterocycles. The van der Waals surface area contributed by atoms with E-state index < -0.39 is 0 Å². The highest BCUT2D eigenvalue weighted by atomic mass is 31.0. The Morgan fingerprint density at radius 3 is 3.00 bits per heavy atom. The Balaban J connectivity index is 2.91. The second kappa shape index (κ2) is 3.80. The fourth-order valence-corrected chi connectivity index (χ4v) is 1.11. The van der Waals surface area contributed by atoms with E-state index in [1.165, 1.54) is 0 Å². The summed E-state index contributed by atoms with van der Waals surface area (Å²) in [6.07, 6.45) is 2.69. The van der Waals surface area contributed by atoms with Gasteiger partial charge in [-0.25, -0.2) is 0 Å². The molecule has 0 amide bonds. The van der Waals surface area contributed by atoms with E-state index in [4.69, 9.17) is 5.73 Å². The van der Waals surface area contributed by atoms with Gasteiger partial charge >= 0.3 is 0 Å². The molecule has 60 valence electrons. The van der Waals surface area contributed by atoms with Crippen LogP contribution < -0.4 is 5.73 Å². The van der Waals surface area contributed by atoms with Crippen molar-refractivity contribution < 1.29 is 0 Å². The molecule has 1 aromatic rings. The molecule has 0 aromatic carbocycles. The van der Waals surface area contributed by atoms with E-state index in [1.807, 2.05) is 19.1 Å². The molecule has 0 spiro atoms. The van der Waals surface area contributed by atoms with Gasteiger partial charge in [0.2, 0.25) is 0 Å². The van der Waals surface area contributed by atoms with Crippen LogP contribution in [0.15, 0.2) is 18.3 Å². The number of pyridine rings is 1. The Morgan fingerprint density at radius 2 is 2.45 bits per heavy atom. The quantitative estimate of drug-likeness (QED) is 0.679. The van der Waals surface area contributed by atoms with E-state index in [2.05, 4.69) is 14.2 Å². The van der Waals surface area contributed by atoms with Crippen molar-refractivity contribution in [1.29, 1.82) is 0 Å². The van der Waals surface area contributed by atoms with Gasteiger partial charge in [0, 0.05) is 24.1 Å². The topological polar surface area (TPSA) is 38.9 Å². The Bertz CT molecular complexity index is 235. The first kappa shape index (κ1) is 8.63. The second-order valence-electron chi connectivity index (χ2n) is 2.57. The Hall–Kier alpha value is -0.460. The smallest absolute Gasteiger partial charge is 0.0444 e. The van der Waals surface area contributed by atoms with Crippen molar-refractivity contribution in [2.45, 2.75) is 19.1 Å². The average molecular weight is 168 g/mol. The number of hydrogen-bond acceptors (Lipinski definition) is 2. The van der Waals surface area contributed by atoms with Crippen LogP contribution >= 0.6 is 9.24 Å². The number of rotatable bonds is 2. The molecule has 11 heavy (non-hydrogen) atoms. The fourth-order valence-electron chi connectivity index (χ4n) is 0.892. The molecule has 2 N–H and O–H groups in total. The van der Waals surface area contributed by atoms with Crippen molar-refractivity contribution in [3.8, 4) is 0 Å². The van der Waals surface area contributed by atoms with Gasteiger partial charge in [0.1, 0.15) is 0 Å². The fraction of sp³-hybridized carbons (Fsp3) is 0.375. The molecule has 1 aromatic heterocycles. The zero-order chi connectivity index (χ0) is 8.27. The number of aromatic nitrogens is 1. The number of nitrogens with zero attached hydrogens (tertiary/aromatic N) is 1. The summed E-state index contributed by atoms with van der Waals surface area (Å²) in [5.41, 5.74) is 7.93. The minimum absolute atomic E-state index is 0.105. The van der Waals surface area contributed by atoms with E-state index in [1.54, 1.807) is 6.20 Å². The lowest BCUT2D eigenvalue weighted by atomic mass is 10.1. The monoisotopic (exact) mass is 168 g/mol. The van der Waals surface area contributed by atoms with Gasteiger partial charge in [-0.15, -0.1) is 9.24 Å². The van der Waals surface area contributed by atoms with Crippen LogP contribution in [0.5, 0.6) is 0 Å². The van der Waals surface area contributed by atoms with Crippen molar-refractivity contribution in [2.24, 2.45) is 5.73 Å². The first-order valence-corrected chi connectivity index (χ1v) is 4.46. The van der Waals surface area contributed by atoms with Crippen molar-refractivity contribution in [1.82, 2.24) is 4.98 Å². The molecule has 2 atom stereocenters. The van der Waals surface area contributed by atoms with E-state index in [0.717, 1.165) is 17.4 Å². The van der Waals surface area contributed by atoms with Gasteiger partial charge < -0.3 is 5.73 Å². The molecule has 1 heterocycles. The van der Waals surface area contributed by atoms with Crippen molar-refractivity contribution in [3.63, 3.8) is 0 Å². The Labute approximate surface area is 69.4 Å². The molecule has 0 saturated heterocycles. The molecule has 2 nitrogen and oxygen atoms in total. The second-order valence-corrected chi connectivity index (χ2v) is 2.98. The molecule has 0 radical (unpaired) electrons. The van der Waals surface area contributed by atoms with Gasteiger partial charge in [-0.2, -0.15) is 0 Å². The van der Waals surface area contributed by atoms with Crippen LogP contribution in [0.3, 0.4) is 0 Å². The van der Waals surface area contributed by atoms with Gasteiger partial charge in [0.05, 0.1) is 0 Å². The van der Waals surface area contributed by atoms with Gasteiger partial charge in [-0.1, -0.05) is 0 Å². The first-order chi connectivity index (χ1) is 5.24. The lowest BCUT2D eigenvalue weighted by Gasteiger charge is -2.05. The van der Waals surface area contributed by atoms with Crippen LogP contribution in [-0.2, 0) is 6.16 Å². The summed E-state index contributed by atoms with van der Waals surface area (Å²) >= 11 is 0. The van der Waals surface area contributed by atoms with Crippen molar-refractivity contribution >= 4 is 9.24 Å². The van der Waals surface area contributed by atoms with E-state index in [0.29, 0.717) is 0 Å². The molecule has 0 saturated carbocycles. The third kappa shape index (κ3) is 2.25. The highest BCUT2D eigenvalue weighted by Crippen LogP contribution is 2.11. The third-order valence-electron chi connectivity index (χ3n) is 1.58. The summed E-state index contributed by atoms with van der Waals surface area (Å²) in [5.74, 6) is 0. The van der Waals surface area contributed by atoms with Crippen LogP contribution in [0.4, 0.5) is 0 Å². The zero-order valence-corrected chi connectivity index (χ0v) is 7.77. The molecular weight excluding hydrogens is 155 g/mol. The van der Waals surface area contributed by atoms with Crippen LogP contribution in [0.1, 0.15) is 24.2 Å². The van der Waals surface area contributed by atoms with Gasteiger partial charge in [0.15, 0.2) is 0 Å². The van der Waals surface area contributed by atoms with Crippen LogP contribution in [-0.4, -0.2) is 4.98 Å². The lowest BCUT2D eigenvalue weighted by molar-refractivity contribution is 0.812. The SMILES string of the molecule is CC(N)c1ccnc(CP)c1. The van der Waals surface area contributed by atoms with Crippen LogP contribution in [0, 0.1) is 0 Å². The standard InChI is InChI=1S/C8H13N2P/c1-6(9)7-2-3-10-8(4-7)5-11/h2-4,6H,5,9,11H2,1H3. The number of hydrogen-bond donors (Lipinski definition) is 1. The van der Waals surface area contributed by atoms with E-state index in [-0.39, 0.29) is 6.04 Å². The van der Waals surface area contributed by atoms with Crippen molar-refractivity contribution in [2.75, 3.05) is 0 Å². The van der Waals surface area contributed by atoms with Crippen LogP contribution in [0.25, 0.3) is 0 Å². The predicted octanol–water partition coefficient (Wildman–Crippen LogP) is 1.48. The number of nitrogens with two attached hydrogens (primary N) is 1. The molecule has 0 bridgehead atoms. The highest BCUT2D eigenvalue weighted by molar-refractivity contribution is 7.15. The van der Waals surface area contributed by atoms with E-state index in [9.17, 15) is 0 Å². The van der Waals surface area contributed by atoms with Crippen LogP contribution in [0.2, 0.25) is 0 Å². The van der Waals surface area contributed by atoms with Crippen molar-refractivity contribution in [3.05, 3.63) is 29.6 Å².